The molecule has 0 unspecified atom stereocenters. The van der Waals surface area contributed by atoms with Gasteiger partial charge < -0.3 is 10.6 Å². The molecule has 5 aromatic rings. The molecule has 146 valence electrons. The van der Waals surface area contributed by atoms with Crippen LogP contribution < -0.4 is 10.6 Å². The van der Waals surface area contributed by atoms with E-state index in [9.17, 15) is 4.79 Å². The van der Waals surface area contributed by atoms with Gasteiger partial charge in [0.05, 0.1) is 4.88 Å². The van der Waals surface area contributed by atoms with Crippen molar-refractivity contribution in [2.24, 2.45) is 0 Å². The smallest absolute Gasteiger partial charge is 0.265 e. The molecule has 0 bridgehead atoms. The van der Waals surface area contributed by atoms with Crippen molar-refractivity contribution in [1.29, 1.82) is 0 Å². The number of rotatable bonds is 5. The zero-order valence-electron chi connectivity index (χ0n) is 15.7. The van der Waals surface area contributed by atoms with Gasteiger partial charge in [-0.25, -0.2) is 4.68 Å². The van der Waals surface area contributed by atoms with Crippen molar-refractivity contribution in [3.63, 3.8) is 0 Å². The number of hydrogen-bond donors (Lipinski definition) is 2. The molecule has 7 nitrogen and oxygen atoms in total. The quantitative estimate of drug-likeness (QED) is 0.430. The van der Waals surface area contributed by atoms with Crippen molar-refractivity contribution < 1.29 is 4.79 Å². The van der Waals surface area contributed by atoms with Crippen LogP contribution in [0.1, 0.15) is 9.67 Å². The monoisotopic (exact) mass is 412 g/mol. The van der Waals surface area contributed by atoms with E-state index in [4.69, 9.17) is 0 Å². The summed E-state index contributed by atoms with van der Waals surface area (Å²) in [4.78, 5) is 13.2. The molecule has 5 rings (SSSR count). The number of carbonyl (C=O) groups excluding carboxylic acids is 1. The van der Waals surface area contributed by atoms with Crippen LogP contribution in [0.25, 0.3) is 15.9 Å². The van der Waals surface area contributed by atoms with Crippen LogP contribution in [-0.2, 0) is 0 Å². The fourth-order valence-electron chi connectivity index (χ4n) is 2.99. The summed E-state index contributed by atoms with van der Waals surface area (Å²) in [5.41, 5.74) is 1.57. The molecule has 0 spiro atoms. The van der Waals surface area contributed by atoms with Crippen LogP contribution in [0.4, 0.5) is 17.2 Å². The third-order valence-electron chi connectivity index (χ3n) is 4.45. The maximum absolute atomic E-state index is 12.5. The molecule has 1 amide bonds. The average Bonchev–Trinajstić information content (AvgIpc) is 3.46. The van der Waals surface area contributed by atoms with Crippen molar-refractivity contribution in [3.05, 3.63) is 90.1 Å². The van der Waals surface area contributed by atoms with Gasteiger partial charge in [-0.3, -0.25) is 4.79 Å². The van der Waals surface area contributed by atoms with E-state index in [1.54, 1.807) is 10.9 Å². The van der Waals surface area contributed by atoms with Crippen molar-refractivity contribution in [3.8, 4) is 5.82 Å². The Labute approximate surface area is 176 Å². The number of nitrogens with one attached hydrogen (secondary N) is 2. The zero-order valence-corrected chi connectivity index (χ0v) is 16.5. The summed E-state index contributed by atoms with van der Waals surface area (Å²) in [7, 11) is 0. The average molecular weight is 412 g/mol. The van der Waals surface area contributed by atoms with E-state index < -0.39 is 0 Å². The Bertz CT molecular complexity index is 1260. The van der Waals surface area contributed by atoms with E-state index in [2.05, 4.69) is 25.9 Å². The molecule has 30 heavy (non-hydrogen) atoms. The van der Waals surface area contributed by atoms with Gasteiger partial charge >= 0.3 is 0 Å². The summed E-state index contributed by atoms with van der Waals surface area (Å²) in [5.74, 6) is 1.15. The van der Waals surface area contributed by atoms with Gasteiger partial charge in [-0.2, -0.15) is 5.10 Å². The highest BCUT2D eigenvalue weighted by Gasteiger charge is 2.10. The van der Waals surface area contributed by atoms with Crippen LogP contribution in [0.2, 0.25) is 0 Å². The van der Waals surface area contributed by atoms with Crippen LogP contribution in [0.5, 0.6) is 0 Å². The third-order valence-corrected chi connectivity index (χ3v) is 5.57. The summed E-state index contributed by atoms with van der Waals surface area (Å²) in [5, 5.41) is 19.7. The number of fused-ring (bicyclic) bond motifs is 1. The Kier molecular flexibility index (Phi) is 4.66. The van der Waals surface area contributed by atoms with Gasteiger partial charge in [0.15, 0.2) is 11.6 Å². The molecule has 2 aromatic carbocycles. The lowest BCUT2D eigenvalue weighted by Gasteiger charge is -2.08. The molecule has 0 aliphatic rings. The number of hydrogen-bond acceptors (Lipinski definition) is 6. The molecule has 0 atom stereocenters. The molecule has 0 fully saturated rings. The van der Waals surface area contributed by atoms with E-state index in [1.807, 2.05) is 79.0 Å². The van der Waals surface area contributed by atoms with Gasteiger partial charge in [0.1, 0.15) is 0 Å². The van der Waals surface area contributed by atoms with Gasteiger partial charge in [-0.1, -0.05) is 18.2 Å². The van der Waals surface area contributed by atoms with Gasteiger partial charge in [-0.05, 0) is 60.0 Å². The van der Waals surface area contributed by atoms with E-state index in [1.165, 1.54) is 11.3 Å². The number of thiophene rings is 1. The molecule has 0 aliphatic carbocycles. The molecule has 0 saturated carbocycles. The second kappa shape index (κ2) is 7.76. The number of benzene rings is 2. The van der Waals surface area contributed by atoms with E-state index in [0.717, 1.165) is 21.5 Å². The Hall–Kier alpha value is -4.04. The summed E-state index contributed by atoms with van der Waals surface area (Å²) < 4.78 is 2.74. The first-order chi connectivity index (χ1) is 14.7. The largest absolute Gasteiger partial charge is 0.339 e. The number of amides is 1. The minimum Gasteiger partial charge on any atom is -0.339 e. The first-order valence-electron chi connectivity index (χ1n) is 9.25. The predicted molar refractivity (Wildman–Crippen MR) is 119 cm³/mol. The highest BCUT2D eigenvalue weighted by Crippen LogP contribution is 2.26. The molecule has 3 heterocycles. The van der Waals surface area contributed by atoms with Crippen molar-refractivity contribution >= 4 is 44.5 Å². The minimum atomic E-state index is -0.114. The first kappa shape index (κ1) is 18.0. The molecule has 0 aliphatic heterocycles. The second-order valence-corrected chi connectivity index (χ2v) is 7.62. The normalized spacial score (nSPS) is 10.8. The van der Waals surface area contributed by atoms with Crippen molar-refractivity contribution in [1.82, 2.24) is 20.0 Å². The van der Waals surface area contributed by atoms with Gasteiger partial charge in [0.2, 0.25) is 0 Å². The standard InChI is InChI=1S/C22H16N6OS/c29-22(19-14-15-4-1-2-5-18(15)30-19)25-17-8-6-16(7-9-17)24-20-10-11-21(27-26-20)28-13-3-12-23-28/h1-14H,(H,24,26)(H,25,29). The number of aromatic nitrogens is 4. The molecule has 2 N–H and O–H groups in total. The molecular weight excluding hydrogens is 396 g/mol. The molecular formula is C22H16N6OS. The van der Waals surface area contributed by atoms with E-state index >= 15 is 0 Å². The Balaban J connectivity index is 1.24. The molecule has 0 radical (unpaired) electrons. The summed E-state index contributed by atoms with van der Waals surface area (Å²) in [6, 6.07) is 22.8. The van der Waals surface area contributed by atoms with E-state index in [0.29, 0.717) is 16.5 Å². The van der Waals surface area contributed by atoms with Crippen LogP contribution in [0.15, 0.2) is 85.2 Å². The van der Waals surface area contributed by atoms with Crippen LogP contribution in [-0.4, -0.2) is 25.9 Å². The van der Waals surface area contributed by atoms with Crippen LogP contribution in [0.3, 0.4) is 0 Å². The Morgan fingerprint density at radius 3 is 2.47 bits per heavy atom. The highest BCUT2D eigenvalue weighted by atomic mass is 32.1. The van der Waals surface area contributed by atoms with Gasteiger partial charge in [0.25, 0.3) is 5.91 Å². The highest BCUT2D eigenvalue weighted by molar-refractivity contribution is 7.20. The summed E-state index contributed by atoms with van der Waals surface area (Å²) in [6.07, 6.45) is 3.50. The molecule has 3 aromatic heterocycles. The summed E-state index contributed by atoms with van der Waals surface area (Å²) in [6.45, 7) is 0. The van der Waals surface area contributed by atoms with Crippen LogP contribution in [0, 0.1) is 0 Å². The molecule has 8 heteroatoms. The topological polar surface area (TPSA) is 84.7 Å². The Morgan fingerprint density at radius 1 is 0.900 bits per heavy atom. The number of nitrogens with zero attached hydrogens (tertiary/aromatic N) is 4. The van der Waals surface area contributed by atoms with Gasteiger partial charge in [-0.15, -0.1) is 21.5 Å². The second-order valence-electron chi connectivity index (χ2n) is 6.53. The third kappa shape index (κ3) is 3.76. The maximum atomic E-state index is 12.5. The zero-order chi connectivity index (χ0) is 20.3. The fourth-order valence-corrected chi connectivity index (χ4v) is 3.95. The van der Waals surface area contributed by atoms with Gasteiger partial charge in [0, 0.05) is 28.5 Å². The maximum Gasteiger partial charge on any atom is 0.265 e. The SMILES string of the molecule is O=C(Nc1ccc(Nc2ccc(-n3cccn3)nn2)cc1)c1cc2ccccc2s1. The number of carbonyl (C=O) groups is 1. The fraction of sp³-hybridized carbons (Fsp3) is 0. The van der Waals surface area contributed by atoms with E-state index in [-0.39, 0.29) is 5.91 Å². The Morgan fingerprint density at radius 2 is 1.73 bits per heavy atom. The first-order valence-corrected chi connectivity index (χ1v) is 10.1. The minimum absolute atomic E-state index is 0.114. The number of anilines is 3. The van der Waals surface area contributed by atoms with Crippen LogP contribution >= 0.6 is 11.3 Å². The lowest BCUT2D eigenvalue weighted by atomic mass is 10.2. The molecule has 0 saturated heterocycles. The predicted octanol–water partition coefficient (Wildman–Crippen LogP) is 4.87. The summed E-state index contributed by atoms with van der Waals surface area (Å²) >= 11 is 1.48. The lowest BCUT2D eigenvalue weighted by Crippen LogP contribution is -2.09. The van der Waals surface area contributed by atoms with Crippen molar-refractivity contribution in [2.75, 3.05) is 10.6 Å². The van der Waals surface area contributed by atoms with Crippen molar-refractivity contribution in [2.45, 2.75) is 0 Å². The lowest BCUT2D eigenvalue weighted by molar-refractivity contribution is 0.103.